The van der Waals surface area contributed by atoms with Crippen molar-refractivity contribution in [2.45, 2.75) is 31.4 Å². The Bertz CT molecular complexity index is 1210. The molecule has 0 unspecified atom stereocenters. The van der Waals surface area contributed by atoms with Gasteiger partial charge in [0.05, 0.1) is 16.6 Å². The number of thiocarbonyl (C=S) groups is 1. The van der Waals surface area contributed by atoms with Gasteiger partial charge in [0, 0.05) is 12.2 Å². The third kappa shape index (κ3) is 7.11. The third-order valence-electron chi connectivity index (χ3n) is 4.45. The Labute approximate surface area is 199 Å². The van der Waals surface area contributed by atoms with Crippen molar-refractivity contribution < 1.29 is 17.9 Å². The van der Waals surface area contributed by atoms with Crippen molar-refractivity contribution >= 4 is 38.9 Å². The number of amides is 1. The van der Waals surface area contributed by atoms with E-state index in [9.17, 15) is 13.2 Å². The van der Waals surface area contributed by atoms with Crippen LogP contribution in [0.25, 0.3) is 0 Å². The minimum Gasteiger partial charge on any atom is -0.490 e. The smallest absolute Gasteiger partial charge is 0.261 e. The first-order chi connectivity index (χ1) is 15.7. The predicted octanol–water partition coefficient (Wildman–Crippen LogP) is 4.08. The molecule has 0 bridgehead atoms. The van der Waals surface area contributed by atoms with Gasteiger partial charge in [-0.3, -0.25) is 10.1 Å². The summed E-state index contributed by atoms with van der Waals surface area (Å²) in [7, 11) is -3.67. The zero-order valence-corrected chi connectivity index (χ0v) is 19.9. The van der Waals surface area contributed by atoms with Crippen LogP contribution < -0.4 is 20.1 Å². The van der Waals surface area contributed by atoms with E-state index in [-0.39, 0.29) is 22.7 Å². The number of hydrogen-bond donors (Lipinski definition) is 3. The third-order valence-corrected chi connectivity index (χ3v) is 6.07. The minimum absolute atomic E-state index is 0.0807. The summed E-state index contributed by atoms with van der Waals surface area (Å²) in [6, 6.07) is 22.2. The van der Waals surface area contributed by atoms with Crippen LogP contribution in [0.2, 0.25) is 0 Å². The van der Waals surface area contributed by atoms with Crippen LogP contribution in [0.15, 0.2) is 83.8 Å². The van der Waals surface area contributed by atoms with Crippen LogP contribution >= 0.6 is 12.2 Å². The van der Waals surface area contributed by atoms with Crippen LogP contribution in [-0.4, -0.2) is 25.5 Å². The Balaban J connectivity index is 1.59. The molecule has 0 saturated heterocycles. The summed E-state index contributed by atoms with van der Waals surface area (Å²) in [5, 5.41) is 5.58. The fraction of sp³-hybridized carbons (Fsp3) is 0.167. The fourth-order valence-electron chi connectivity index (χ4n) is 2.92. The molecule has 172 valence electrons. The van der Waals surface area contributed by atoms with Gasteiger partial charge in [-0.1, -0.05) is 42.5 Å². The molecule has 3 N–H and O–H groups in total. The number of carbonyl (C=O) groups is 1. The van der Waals surface area contributed by atoms with Gasteiger partial charge in [-0.15, -0.1) is 0 Å². The summed E-state index contributed by atoms with van der Waals surface area (Å²) in [5.74, 6) is 0.0541. The normalized spacial score (nSPS) is 11.1. The van der Waals surface area contributed by atoms with Gasteiger partial charge in [0.1, 0.15) is 5.75 Å². The van der Waals surface area contributed by atoms with E-state index >= 15 is 0 Å². The number of rotatable bonds is 8. The monoisotopic (exact) mass is 483 g/mol. The number of carbonyl (C=O) groups excluding carboxylic acids is 1. The second-order valence-electron chi connectivity index (χ2n) is 7.41. The van der Waals surface area contributed by atoms with Crippen molar-refractivity contribution in [3.63, 3.8) is 0 Å². The van der Waals surface area contributed by atoms with E-state index in [0.717, 1.165) is 5.56 Å². The summed E-state index contributed by atoms with van der Waals surface area (Å²) in [6.07, 6.45) is -0.0824. The summed E-state index contributed by atoms with van der Waals surface area (Å²) >= 11 is 5.23. The summed E-state index contributed by atoms with van der Waals surface area (Å²) in [5.41, 5.74) is 1.76. The highest BCUT2D eigenvalue weighted by atomic mass is 32.2. The molecule has 0 aliphatic heterocycles. The molecule has 0 saturated carbocycles. The van der Waals surface area contributed by atoms with Crippen LogP contribution in [0.3, 0.4) is 0 Å². The van der Waals surface area contributed by atoms with Crippen molar-refractivity contribution in [1.82, 2.24) is 10.0 Å². The van der Waals surface area contributed by atoms with Gasteiger partial charge in [-0.2, -0.15) is 0 Å². The second-order valence-corrected chi connectivity index (χ2v) is 9.58. The van der Waals surface area contributed by atoms with Crippen LogP contribution in [-0.2, 0) is 16.6 Å². The molecule has 33 heavy (non-hydrogen) atoms. The van der Waals surface area contributed by atoms with Crippen molar-refractivity contribution in [2.24, 2.45) is 0 Å². The van der Waals surface area contributed by atoms with Crippen LogP contribution in [0, 0.1) is 0 Å². The lowest BCUT2D eigenvalue weighted by atomic mass is 10.2. The van der Waals surface area contributed by atoms with Gasteiger partial charge >= 0.3 is 0 Å². The maximum Gasteiger partial charge on any atom is 0.261 e. The van der Waals surface area contributed by atoms with Crippen molar-refractivity contribution in [1.29, 1.82) is 0 Å². The van der Waals surface area contributed by atoms with Gasteiger partial charge in [-0.05, 0) is 68.0 Å². The molecule has 0 spiro atoms. The van der Waals surface area contributed by atoms with E-state index in [1.165, 1.54) is 12.1 Å². The standard InChI is InChI=1S/C24H25N3O4S2/c1-17(2)31-22-11-7-6-10-21(22)23(28)27-24(32)26-19-12-14-20(15-13-19)33(29,30)25-16-18-8-4-3-5-9-18/h3-15,17,25H,16H2,1-2H3,(H2,26,27,28,32). The predicted molar refractivity (Wildman–Crippen MR) is 133 cm³/mol. The van der Waals surface area contributed by atoms with Gasteiger partial charge in [0.2, 0.25) is 10.0 Å². The highest BCUT2D eigenvalue weighted by Crippen LogP contribution is 2.19. The van der Waals surface area contributed by atoms with Gasteiger partial charge in [0.15, 0.2) is 5.11 Å². The average molecular weight is 484 g/mol. The number of hydrogen-bond acceptors (Lipinski definition) is 5. The lowest BCUT2D eigenvalue weighted by Gasteiger charge is -2.15. The highest BCUT2D eigenvalue weighted by Gasteiger charge is 2.16. The Morgan fingerprint density at radius 1 is 0.939 bits per heavy atom. The van der Waals surface area contributed by atoms with Crippen LogP contribution in [0.4, 0.5) is 5.69 Å². The largest absolute Gasteiger partial charge is 0.490 e. The molecule has 0 atom stereocenters. The maximum absolute atomic E-state index is 12.6. The molecule has 0 aliphatic rings. The zero-order chi connectivity index (χ0) is 23.8. The van der Waals surface area contributed by atoms with Crippen molar-refractivity contribution in [2.75, 3.05) is 5.32 Å². The average Bonchev–Trinajstić information content (AvgIpc) is 2.79. The van der Waals surface area contributed by atoms with Crippen molar-refractivity contribution in [3.8, 4) is 5.75 Å². The van der Waals surface area contributed by atoms with Crippen molar-refractivity contribution in [3.05, 3.63) is 90.0 Å². The molecule has 1 amide bonds. The molecule has 0 fully saturated rings. The Kier molecular flexibility index (Phi) is 8.16. The molecule has 3 rings (SSSR count). The Morgan fingerprint density at radius 2 is 1.58 bits per heavy atom. The molecule has 3 aromatic carbocycles. The number of sulfonamides is 1. The van der Waals surface area contributed by atoms with E-state index < -0.39 is 15.9 Å². The molecule has 3 aromatic rings. The highest BCUT2D eigenvalue weighted by molar-refractivity contribution is 7.89. The SMILES string of the molecule is CC(C)Oc1ccccc1C(=O)NC(=S)Nc1ccc(S(=O)(=O)NCc2ccccc2)cc1. The number of nitrogens with one attached hydrogen (secondary N) is 3. The molecule has 0 aromatic heterocycles. The summed E-state index contributed by atoms with van der Waals surface area (Å²) in [4.78, 5) is 12.7. The van der Waals surface area contributed by atoms with Gasteiger partial charge in [-0.25, -0.2) is 13.1 Å². The molecule has 0 aliphatic carbocycles. The first-order valence-electron chi connectivity index (χ1n) is 10.3. The molecule has 0 heterocycles. The van der Waals surface area contributed by atoms with E-state index in [1.807, 2.05) is 44.2 Å². The topological polar surface area (TPSA) is 96.5 Å². The molecular formula is C24H25N3O4S2. The number of benzene rings is 3. The summed E-state index contributed by atoms with van der Waals surface area (Å²) < 4.78 is 33.3. The molecule has 7 nitrogen and oxygen atoms in total. The maximum atomic E-state index is 12.6. The second kappa shape index (κ2) is 11.0. The Morgan fingerprint density at radius 3 is 2.24 bits per heavy atom. The lowest BCUT2D eigenvalue weighted by molar-refractivity contribution is 0.0972. The van der Waals surface area contributed by atoms with E-state index in [0.29, 0.717) is 17.0 Å². The van der Waals surface area contributed by atoms with Gasteiger partial charge in [0.25, 0.3) is 5.91 Å². The zero-order valence-electron chi connectivity index (χ0n) is 18.2. The Hall–Kier alpha value is -3.27. The minimum atomic E-state index is -3.67. The first-order valence-corrected chi connectivity index (χ1v) is 12.2. The van der Waals surface area contributed by atoms with E-state index in [2.05, 4.69) is 15.4 Å². The first kappa shape index (κ1) is 24.4. The molecular weight excluding hydrogens is 458 g/mol. The number of para-hydroxylation sites is 1. The summed E-state index contributed by atoms with van der Waals surface area (Å²) in [6.45, 7) is 3.95. The number of anilines is 1. The van der Waals surface area contributed by atoms with Gasteiger partial charge < -0.3 is 10.1 Å². The molecule has 9 heteroatoms. The lowest BCUT2D eigenvalue weighted by Crippen LogP contribution is -2.34. The molecule has 0 radical (unpaired) electrons. The number of ether oxygens (including phenoxy) is 1. The van der Waals surface area contributed by atoms with E-state index in [1.54, 1.807) is 36.4 Å². The van der Waals surface area contributed by atoms with E-state index in [4.69, 9.17) is 17.0 Å². The fourth-order valence-corrected chi connectivity index (χ4v) is 4.15. The van der Waals surface area contributed by atoms with Crippen LogP contribution in [0.5, 0.6) is 5.75 Å². The van der Waals surface area contributed by atoms with Crippen LogP contribution in [0.1, 0.15) is 29.8 Å². The quantitative estimate of drug-likeness (QED) is 0.418.